The van der Waals surface area contributed by atoms with Crippen LogP contribution in [0.25, 0.3) is 98.4 Å². The normalized spacial score (nSPS) is 15.1. The maximum Gasteiger partial charge on any atom is 0.0726 e. The van der Waals surface area contributed by atoms with Gasteiger partial charge in [-0.2, -0.15) is 0 Å². The molecule has 0 N–H and O–H groups in total. The van der Waals surface area contributed by atoms with Gasteiger partial charge in [0.05, 0.1) is 11.1 Å². The summed E-state index contributed by atoms with van der Waals surface area (Å²) in [4.78, 5) is 2.64. The zero-order valence-corrected chi connectivity index (χ0v) is 42.2. The van der Waals surface area contributed by atoms with Crippen molar-refractivity contribution < 1.29 is 0 Å². The van der Waals surface area contributed by atoms with Crippen molar-refractivity contribution in [2.45, 2.75) is 42.9 Å². The highest BCUT2D eigenvalue weighted by atomic mass is 15.1. The lowest BCUT2D eigenvalue weighted by Crippen LogP contribution is -2.28. The molecule has 0 heterocycles. The maximum absolute atomic E-state index is 2.64. The van der Waals surface area contributed by atoms with Crippen LogP contribution in [0.5, 0.6) is 0 Å². The number of fused-ring (bicyclic) bond motifs is 24. The SMILES string of the molecule is c1ccc2c(c1)-c1cc(N(c3ccc4c5ccccc5c5ccccc5c4c3)c3cc4c(cc3-c3ccc5ccc6ccccc6c5c3)-c3ccccc3C43c4ccccc4-c4ccccc43)ccc1C21CCCCC1. The molecule has 13 aromatic carbocycles. The molecule has 17 rings (SSSR count). The van der Waals surface area contributed by atoms with Crippen molar-refractivity contribution in [3.05, 3.63) is 282 Å². The van der Waals surface area contributed by atoms with E-state index in [2.05, 4.69) is 254 Å². The summed E-state index contributed by atoms with van der Waals surface area (Å²) >= 11 is 0. The average molecular weight is 966 g/mol. The third-order valence-corrected chi connectivity index (χ3v) is 18.6. The van der Waals surface area contributed by atoms with Crippen LogP contribution in [0.1, 0.15) is 65.5 Å². The molecule has 0 unspecified atom stereocenters. The van der Waals surface area contributed by atoms with E-state index in [1.165, 1.54) is 164 Å². The Morgan fingerprint density at radius 1 is 0.263 bits per heavy atom. The van der Waals surface area contributed by atoms with Gasteiger partial charge >= 0.3 is 0 Å². The number of nitrogens with zero attached hydrogens (tertiary/aromatic N) is 1. The average Bonchev–Trinajstić information content (AvgIpc) is 4.26. The van der Waals surface area contributed by atoms with Crippen LogP contribution in [-0.2, 0) is 10.8 Å². The minimum Gasteiger partial charge on any atom is -0.310 e. The van der Waals surface area contributed by atoms with Crippen molar-refractivity contribution in [1.82, 2.24) is 0 Å². The Balaban J connectivity index is 1.02. The second-order valence-corrected chi connectivity index (χ2v) is 22.1. The minimum atomic E-state index is -0.527. The van der Waals surface area contributed by atoms with Crippen LogP contribution in [0.3, 0.4) is 0 Å². The molecule has 2 spiro atoms. The standard InChI is InChI=1S/C75H51N/c1-16-40-74(41-17-1)67-28-12-8-26-60(67)65-44-51(37-39-68(65)74)76(50-36-38-57-55-22-5-4-20-53(55)54-21-6-7-23-56(54)64(57)43-50)73-46-72-66(45-63(73)49-35-34-48-33-32-47-18-2-3-19-52(47)62(48)42-49)61-27-11-15-31-71(61)75(72)69-29-13-9-24-58(69)59-25-10-14-30-70(59)75/h2-15,18-39,42-46H,1,16-17,40-41H2. The monoisotopic (exact) mass is 965 g/mol. The van der Waals surface area contributed by atoms with Gasteiger partial charge < -0.3 is 4.90 Å². The summed E-state index contributed by atoms with van der Waals surface area (Å²) in [6.07, 6.45) is 6.23. The van der Waals surface area contributed by atoms with Crippen molar-refractivity contribution >= 4 is 70.9 Å². The number of hydrogen-bond acceptors (Lipinski definition) is 1. The Kier molecular flexibility index (Phi) is 8.77. The van der Waals surface area contributed by atoms with Gasteiger partial charge in [-0.3, -0.25) is 0 Å². The van der Waals surface area contributed by atoms with E-state index in [0.29, 0.717) is 0 Å². The molecule has 1 nitrogen and oxygen atoms in total. The number of rotatable bonds is 4. The van der Waals surface area contributed by atoms with E-state index in [4.69, 9.17) is 0 Å². The van der Waals surface area contributed by atoms with Gasteiger partial charge in [0.25, 0.3) is 0 Å². The summed E-state index contributed by atoms with van der Waals surface area (Å²) < 4.78 is 0. The van der Waals surface area contributed by atoms with Gasteiger partial charge in [-0.25, -0.2) is 0 Å². The van der Waals surface area contributed by atoms with Gasteiger partial charge in [0.2, 0.25) is 0 Å². The molecule has 0 bridgehead atoms. The fourth-order valence-electron chi connectivity index (χ4n) is 15.5. The Labute approximate surface area is 443 Å². The second kappa shape index (κ2) is 15.7. The lowest BCUT2D eigenvalue weighted by atomic mass is 9.68. The fraction of sp³-hybridized carbons (Fsp3) is 0.0933. The molecule has 76 heavy (non-hydrogen) atoms. The summed E-state index contributed by atoms with van der Waals surface area (Å²) in [6, 6.07) is 95.7. The third-order valence-electron chi connectivity index (χ3n) is 18.6. The van der Waals surface area contributed by atoms with Crippen molar-refractivity contribution in [2.24, 2.45) is 0 Å². The summed E-state index contributed by atoms with van der Waals surface area (Å²) in [7, 11) is 0. The van der Waals surface area contributed by atoms with E-state index < -0.39 is 5.41 Å². The van der Waals surface area contributed by atoms with Crippen LogP contribution < -0.4 is 4.90 Å². The second-order valence-electron chi connectivity index (χ2n) is 22.1. The molecule has 4 aliphatic carbocycles. The predicted octanol–water partition coefficient (Wildman–Crippen LogP) is 20.2. The first kappa shape index (κ1) is 42.3. The molecule has 1 saturated carbocycles. The Bertz CT molecular complexity index is 4560. The van der Waals surface area contributed by atoms with Gasteiger partial charge in [0.15, 0.2) is 0 Å². The van der Waals surface area contributed by atoms with Crippen molar-refractivity contribution in [2.75, 3.05) is 4.90 Å². The minimum absolute atomic E-state index is 0.0461. The first-order chi connectivity index (χ1) is 37.7. The molecule has 0 radical (unpaired) electrons. The summed E-state index contributed by atoms with van der Waals surface area (Å²) in [5, 5.41) is 12.7. The molecule has 13 aromatic rings. The van der Waals surface area contributed by atoms with Crippen LogP contribution in [0.2, 0.25) is 0 Å². The van der Waals surface area contributed by atoms with E-state index in [0.717, 1.165) is 17.1 Å². The first-order valence-corrected chi connectivity index (χ1v) is 27.4. The molecule has 1 fully saturated rings. The Hall–Kier alpha value is -9.04. The summed E-state index contributed by atoms with van der Waals surface area (Å²) in [5.41, 5.74) is 21.7. The molecule has 0 amide bonds. The van der Waals surface area contributed by atoms with E-state index >= 15 is 0 Å². The van der Waals surface area contributed by atoms with Crippen molar-refractivity contribution in [1.29, 1.82) is 0 Å². The molecular weight excluding hydrogens is 915 g/mol. The number of benzene rings is 13. The Morgan fingerprint density at radius 3 is 1.38 bits per heavy atom. The molecule has 4 aliphatic rings. The molecule has 0 aliphatic heterocycles. The van der Waals surface area contributed by atoms with Gasteiger partial charge in [0.1, 0.15) is 0 Å². The van der Waals surface area contributed by atoms with E-state index in [1.807, 2.05) is 0 Å². The van der Waals surface area contributed by atoms with Crippen LogP contribution >= 0.6 is 0 Å². The highest BCUT2D eigenvalue weighted by Gasteiger charge is 2.52. The van der Waals surface area contributed by atoms with Gasteiger partial charge in [0, 0.05) is 22.4 Å². The number of hydrogen-bond donors (Lipinski definition) is 0. The van der Waals surface area contributed by atoms with Gasteiger partial charge in [-0.1, -0.05) is 226 Å². The highest BCUT2D eigenvalue weighted by molar-refractivity contribution is 6.26. The van der Waals surface area contributed by atoms with Crippen LogP contribution in [0.15, 0.2) is 249 Å². The van der Waals surface area contributed by atoms with Gasteiger partial charge in [-0.15, -0.1) is 0 Å². The summed E-state index contributed by atoms with van der Waals surface area (Å²) in [5.74, 6) is 0. The van der Waals surface area contributed by atoms with E-state index in [9.17, 15) is 0 Å². The third kappa shape index (κ3) is 5.59. The van der Waals surface area contributed by atoms with E-state index in [-0.39, 0.29) is 5.41 Å². The van der Waals surface area contributed by atoms with Crippen molar-refractivity contribution in [3.8, 4) is 44.5 Å². The largest absolute Gasteiger partial charge is 0.310 e. The predicted molar refractivity (Wildman–Crippen MR) is 320 cm³/mol. The highest BCUT2D eigenvalue weighted by Crippen LogP contribution is 2.65. The topological polar surface area (TPSA) is 3.24 Å². The molecule has 0 atom stereocenters. The molecular formula is C75H51N. The first-order valence-electron chi connectivity index (χ1n) is 27.4. The van der Waals surface area contributed by atoms with Crippen molar-refractivity contribution in [3.63, 3.8) is 0 Å². The van der Waals surface area contributed by atoms with E-state index in [1.54, 1.807) is 0 Å². The molecule has 0 saturated heterocycles. The molecule has 0 aromatic heterocycles. The lowest BCUT2D eigenvalue weighted by Gasteiger charge is -2.36. The zero-order chi connectivity index (χ0) is 49.7. The van der Waals surface area contributed by atoms with Crippen LogP contribution in [0.4, 0.5) is 17.1 Å². The molecule has 1 heteroatoms. The number of anilines is 3. The fourth-order valence-corrected chi connectivity index (χ4v) is 15.5. The lowest BCUT2D eigenvalue weighted by molar-refractivity contribution is 0.353. The molecule has 356 valence electrons. The van der Waals surface area contributed by atoms with Gasteiger partial charge in [-0.05, 0) is 181 Å². The quantitative estimate of drug-likeness (QED) is 0.159. The maximum atomic E-state index is 2.64. The Morgan fingerprint density at radius 2 is 0.724 bits per heavy atom. The smallest absolute Gasteiger partial charge is 0.0726 e. The van der Waals surface area contributed by atoms with Crippen LogP contribution in [-0.4, -0.2) is 0 Å². The zero-order valence-electron chi connectivity index (χ0n) is 42.2. The summed E-state index contributed by atoms with van der Waals surface area (Å²) in [6.45, 7) is 0. The van der Waals surface area contributed by atoms with Crippen LogP contribution in [0, 0.1) is 0 Å².